The van der Waals surface area contributed by atoms with Gasteiger partial charge < -0.3 is 4.74 Å². The van der Waals surface area contributed by atoms with Crippen molar-refractivity contribution in [2.45, 2.75) is 32.0 Å². The number of hydrogen-bond donors (Lipinski definition) is 0. The molecule has 0 N–H and O–H groups in total. The minimum atomic E-state index is -3.23. The van der Waals surface area contributed by atoms with Crippen molar-refractivity contribution >= 4 is 15.7 Å². The van der Waals surface area contributed by atoms with Gasteiger partial charge >= 0.3 is 0 Å². The predicted octanol–water partition coefficient (Wildman–Crippen LogP) is 2.15. The summed E-state index contributed by atoms with van der Waals surface area (Å²) in [5.41, 5.74) is 1.61. The average Bonchev–Trinajstić information content (AvgIpc) is 2.25. The van der Waals surface area contributed by atoms with Crippen LogP contribution in [0.5, 0.6) is 0 Å². The topological polar surface area (TPSA) is 46.6 Å². The first-order chi connectivity index (χ1) is 8.48. The predicted molar refractivity (Wildman–Crippen MR) is 72.1 cm³/mol. The minimum absolute atomic E-state index is 0.349. The van der Waals surface area contributed by atoms with Gasteiger partial charge in [0.05, 0.1) is 24.7 Å². The summed E-state index contributed by atoms with van der Waals surface area (Å²) < 4.78 is 30.2. The molecule has 2 rings (SSSR count). The number of sulfonamides is 1. The summed E-state index contributed by atoms with van der Waals surface area (Å²) in [6.07, 6.45) is 5.02. The highest BCUT2D eigenvalue weighted by Gasteiger charge is 2.20. The molecule has 0 aliphatic heterocycles. The molecule has 1 aromatic rings. The highest BCUT2D eigenvalue weighted by atomic mass is 32.2. The lowest BCUT2D eigenvalue weighted by Crippen LogP contribution is -2.26. The van der Waals surface area contributed by atoms with E-state index in [0.29, 0.717) is 18.4 Å². The number of benzene rings is 1. The Kier molecular flexibility index (Phi) is 3.92. The molecular formula is C13H19NO3S. The van der Waals surface area contributed by atoms with Crippen LogP contribution in [0.15, 0.2) is 24.3 Å². The van der Waals surface area contributed by atoms with Crippen LogP contribution in [0.25, 0.3) is 0 Å². The Balaban J connectivity index is 2.14. The molecule has 1 aliphatic carbocycles. The van der Waals surface area contributed by atoms with Crippen molar-refractivity contribution < 1.29 is 13.2 Å². The summed E-state index contributed by atoms with van der Waals surface area (Å²) in [7, 11) is -1.66. The first kappa shape index (κ1) is 13.4. The number of nitrogens with zero attached hydrogens (tertiary/aromatic N) is 1. The second kappa shape index (κ2) is 5.28. The molecule has 0 unspecified atom stereocenters. The lowest BCUT2D eigenvalue weighted by molar-refractivity contribution is -0.00846. The Bertz CT molecular complexity index is 509. The molecule has 0 spiro atoms. The standard InChI is InChI=1S/C13H19NO3S/c1-14(18(2,15)16)13-9-4-3-6-11(13)10-17-12-7-5-8-12/h3-4,6,9,12H,5,7-8,10H2,1-2H3. The molecule has 4 nitrogen and oxygen atoms in total. The highest BCUT2D eigenvalue weighted by Crippen LogP contribution is 2.26. The number of ether oxygens (including phenoxy) is 1. The normalized spacial score (nSPS) is 16.3. The van der Waals surface area contributed by atoms with E-state index in [1.165, 1.54) is 17.0 Å². The van der Waals surface area contributed by atoms with Crippen molar-refractivity contribution in [3.8, 4) is 0 Å². The fourth-order valence-corrected chi connectivity index (χ4v) is 2.40. The molecular weight excluding hydrogens is 250 g/mol. The maximum absolute atomic E-state index is 11.6. The molecule has 0 bridgehead atoms. The third-order valence-electron chi connectivity index (χ3n) is 3.36. The second-order valence-corrected chi connectivity index (χ2v) is 6.74. The minimum Gasteiger partial charge on any atom is -0.373 e. The molecule has 1 aromatic carbocycles. The summed E-state index contributed by atoms with van der Waals surface area (Å²) in [4.78, 5) is 0. The van der Waals surface area contributed by atoms with Crippen LogP contribution >= 0.6 is 0 Å². The molecule has 100 valence electrons. The van der Waals surface area contributed by atoms with Crippen LogP contribution in [0.2, 0.25) is 0 Å². The van der Waals surface area contributed by atoms with E-state index in [4.69, 9.17) is 4.74 Å². The molecule has 0 heterocycles. The zero-order chi connectivity index (χ0) is 13.2. The van der Waals surface area contributed by atoms with Gasteiger partial charge in [-0.05, 0) is 25.3 Å². The van der Waals surface area contributed by atoms with Crippen molar-refractivity contribution in [2.24, 2.45) is 0 Å². The first-order valence-electron chi connectivity index (χ1n) is 6.12. The van der Waals surface area contributed by atoms with Gasteiger partial charge in [0, 0.05) is 12.6 Å². The summed E-state index contributed by atoms with van der Waals surface area (Å²) in [5.74, 6) is 0. The Morgan fingerprint density at radius 2 is 2.00 bits per heavy atom. The van der Waals surface area contributed by atoms with E-state index < -0.39 is 10.0 Å². The SMILES string of the molecule is CN(c1ccccc1COC1CCC1)S(C)(=O)=O. The van der Waals surface area contributed by atoms with Crippen molar-refractivity contribution in [2.75, 3.05) is 17.6 Å². The molecule has 0 aromatic heterocycles. The zero-order valence-corrected chi connectivity index (χ0v) is 11.6. The van der Waals surface area contributed by atoms with Gasteiger partial charge in [-0.25, -0.2) is 8.42 Å². The second-order valence-electron chi connectivity index (χ2n) is 4.72. The molecule has 18 heavy (non-hydrogen) atoms. The molecule has 1 saturated carbocycles. The van der Waals surface area contributed by atoms with Crippen LogP contribution in [-0.2, 0) is 21.4 Å². The fraction of sp³-hybridized carbons (Fsp3) is 0.538. The van der Waals surface area contributed by atoms with Gasteiger partial charge in [0.15, 0.2) is 0 Å². The molecule has 1 fully saturated rings. The maximum Gasteiger partial charge on any atom is 0.232 e. The maximum atomic E-state index is 11.6. The van der Waals surface area contributed by atoms with E-state index >= 15 is 0 Å². The van der Waals surface area contributed by atoms with Gasteiger partial charge in [0.25, 0.3) is 0 Å². The fourth-order valence-electron chi connectivity index (χ4n) is 1.86. The largest absolute Gasteiger partial charge is 0.373 e. The van der Waals surface area contributed by atoms with Crippen molar-refractivity contribution in [3.63, 3.8) is 0 Å². The lowest BCUT2D eigenvalue weighted by atomic mass is 9.96. The first-order valence-corrected chi connectivity index (χ1v) is 7.97. The van der Waals surface area contributed by atoms with Crippen LogP contribution in [0, 0.1) is 0 Å². The number of anilines is 1. The van der Waals surface area contributed by atoms with E-state index in [1.807, 2.05) is 18.2 Å². The quantitative estimate of drug-likeness (QED) is 0.823. The lowest BCUT2D eigenvalue weighted by Gasteiger charge is -2.27. The summed E-state index contributed by atoms with van der Waals surface area (Å²) >= 11 is 0. The van der Waals surface area contributed by atoms with Crippen LogP contribution in [0.3, 0.4) is 0 Å². The zero-order valence-electron chi connectivity index (χ0n) is 10.8. The third-order valence-corrected chi connectivity index (χ3v) is 4.55. The van der Waals surface area contributed by atoms with Crippen molar-refractivity contribution in [3.05, 3.63) is 29.8 Å². The van der Waals surface area contributed by atoms with Crippen molar-refractivity contribution in [1.82, 2.24) is 0 Å². The molecule has 5 heteroatoms. The van der Waals surface area contributed by atoms with E-state index in [9.17, 15) is 8.42 Å². The molecule has 1 aliphatic rings. The van der Waals surface area contributed by atoms with Crippen LogP contribution in [0.4, 0.5) is 5.69 Å². The van der Waals surface area contributed by atoms with Crippen LogP contribution in [-0.4, -0.2) is 27.8 Å². The van der Waals surface area contributed by atoms with Gasteiger partial charge in [-0.3, -0.25) is 4.31 Å². The van der Waals surface area contributed by atoms with Gasteiger partial charge in [0.1, 0.15) is 0 Å². The summed E-state index contributed by atoms with van der Waals surface area (Å²) in [5, 5.41) is 0. The summed E-state index contributed by atoms with van der Waals surface area (Å²) in [6.45, 7) is 0.473. The van der Waals surface area contributed by atoms with E-state index in [1.54, 1.807) is 13.1 Å². The monoisotopic (exact) mass is 269 g/mol. The number of hydrogen-bond acceptors (Lipinski definition) is 3. The number of para-hydroxylation sites is 1. The van der Waals surface area contributed by atoms with E-state index in [2.05, 4.69) is 0 Å². The van der Waals surface area contributed by atoms with Gasteiger partial charge in [-0.15, -0.1) is 0 Å². The molecule has 0 amide bonds. The molecule has 0 radical (unpaired) electrons. The van der Waals surface area contributed by atoms with Crippen LogP contribution < -0.4 is 4.31 Å². The number of rotatable bonds is 5. The Labute approximate surface area is 109 Å². The van der Waals surface area contributed by atoms with Gasteiger partial charge in [-0.2, -0.15) is 0 Å². The third kappa shape index (κ3) is 3.03. The Morgan fingerprint density at radius 1 is 1.33 bits per heavy atom. The Morgan fingerprint density at radius 3 is 2.56 bits per heavy atom. The highest BCUT2D eigenvalue weighted by molar-refractivity contribution is 7.92. The van der Waals surface area contributed by atoms with E-state index in [0.717, 1.165) is 18.4 Å². The summed E-state index contributed by atoms with van der Waals surface area (Å²) in [6, 6.07) is 7.46. The van der Waals surface area contributed by atoms with E-state index in [-0.39, 0.29) is 0 Å². The van der Waals surface area contributed by atoms with Gasteiger partial charge in [-0.1, -0.05) is 18.2 Å². The molecule has 0 saturated heterocycles. The average molecular weight is 269 g/mol. The molecule has 0 atom stereocenters. The van der Waals surface area contributed by atoms with Crippen molar-refractivity contribution in [1.29, 1.82) is 0 Å². The Hall–Kier alpha value is -1.07. The smallest absolute Gasteiger partial charge is 0.232 e. The van der Waals surface area contributed by atoms with Gasteiger partial charge in [0.2, 0.25) is 10.0 Å². The van der Waals surface area contributed by atoms with Crippen LogP contribution in [0.1, 0.15) is 24.8 Å².